The predicted molar refractivity (Wildman–Crippen MR) is 98.8 cm³/mol. The topological polar surface area (TPSA) is 102 Å². The Labute approximate surface area is 154 Å². The number of H-pyrrole nitrogens is 1. The van der Waals surface area contributed by atoms with Crippen molar-refractivity contribution < 1.29 is 14.3 Å². The molecular formula is C17H23N3O5S. The number of rotatable bonds is 6. The van der Waals surface area contributed by atoms with E-state index >= 15 is 0 Å². The number of nitrogens with one attached hydrogen (secondary N) is 2. The summed E-state index contributed by atoms with van der Waals surface area (Å²) in [6.07, 6.45) is 1.26. The molecule has 0 bridgehead atoms. The Hall–Kier alpha value is -1.97. The summed E-state index contributed by atoms with van der Waals surface area (Å²) in [4.78, 5) is 41.5. The second-order valence-electron chi connectivity index (χ2n) is 6.95. The van der Waals surface area contributed by atoms with E-state index in [9.17, 15) is 14.4 Å². The summed E-state index contributed by atoms with van der Waals surface area (Å²) in [6.45, 7) is 5.02. The first-order valence-electron chi connectivity index (χ1n) is 8.49. The molecule has 3 rings (SSSR count). The Balaban J connectivity index is 1.91. The molecule has 2 aromatic rings. The van der Waals surface area contributed by atoms with Crippen LogP contribution in [0.5, 0.6) is 0 Å². The number of ether oxygens (including phenoxy) is 2. The lowest BCUT2D eigenvalue weighted by molar-refractivity contribution is -0.121. The molecule has 0 saturated heterocycles. The lowest BCUT2D eigenvalue weighted by Crippen LogP contribution is -2.41. The second kappa shape index (κ2) is 7.34. The lowest BCUT2D eigenvalue weighted by atomic mass is 9.94. The van der Waals surface area contributed by atoms with Crippen LogP contribution in [0.25, 0.3) is 10.2 Å². The summed E-state index contributed by atoms with van der Waals surface area (Å²) in [7, 11) is 1.59. The molecule has 1 aliphatic rings. The van der Waals surface area contributed by atoms with Crippen LogP contribution < -0.4 is 16.6 Å². The van der Waals surface area contributed by atoms with Crippen LogP contribution in [0.4, 0.5) is 0 Å². The van der Waals surface area contributed by atoms with Gasteiger partial charge in [-0.2, -0.15) is 0 Å². The maximum Gasteiger partial charge on any atom is 0.329 e. The standard InChI is InChI=1S/C17H23N3O5S/c1-17(2)7-10-11(9-25-17)26-14-13(10)15(22)20(16(23)19-14)8-12(21)18-5-4-6-24-3/h4-9H2,1-3H3,(H,18,21)(H,19,23). The largest absolute Gasteiger partial charge is 0.385 e. The number of methoxy groups -OCH3 is 1. The van der Waals surface area contributed by atoms with Gasteiger partial charge in [0.05, 0.1) is 17.6 Å². The van der Waals surface area contributed by atoms with Crippen LogP contribution in [0, 0.1) is 0 Å². The highest BCUT2D eigenvalue weighted by Crippen LogP contribution is 2.36. The smallest absolute Gasteiger partial charge is 0.329 e. The van der Waals surface area contributed by atoms with Crippen LogP contribution in [0.3, 0.4) is 0 Å². The van der Waals surface area contributed by atoms with Gasteiger partial charge in [0.15, 0.2) is 0 Å². The van der Waals surface area contributed by atoms with Gasteiger partial charge in [-0.15, -0.1) is 11.3 Å². The highest BCUT2D eigenvalue weighted by Gasteiger charge is 2.31. The van der Waals surface area contributed by atoms with Gasteiger partial charge in [-0.05, 0) is 25.8 Å². The summed E-state index contributed by atoms with van der Waals surface area (Å²) in [6, 6.07) is 0. The summed E-state index contributed by atoms with van der Waals surface area (Å²) in [5.41, 5.74) is -0.455. The quantitative estimate of drug-likeness (QED) is 0.719. The van der Waals surface area contributed by atoms with Gasteiger partial charge in [-0.3, -0.25) is 19.1 Å². The fourth-order valence-corrected chi connectivity index (χ4v) is 4.16. The highest BCUT2D eigenvalue weighted by atomic mass is 32.1. The minimum Gasteiger partial charge on any atom is -0.385 e. The number of hydrogen-bond donors (Lipinski definition) is 2. The molecule has 2 aromatic heterocycles. The fourth-order valence-electron chi connectivity index (χ4n) is 3.05. The Morgan fingerprint density at radius 1 is 1.42 bits per heavy atom. The first-order valence-corrected chi connectivity index (χ1v) is 9.31. The number of aromatic amines is 1. The van der Waals surface area contributed by atoms with Gasteiger partial charge in [0, 0.05) is 31.6 Å². The zero-order valence-electron chi connectivity index (χ0n) is 15.1. The van der Waals surface area contributed by atoms with Crippen molar-refractivity contribution in [2.24, 2.45) is 0 Å². The molecule has 1 aliphatic heterocycles. The maximum absolute atomic E-state index is 12.9. The first kappa shape index (κ1) is 18.8. The van der Waals surface area contributed by atoms with Gasteiger partial charge in [0.25, 0.3) is 5.56 Å². The average molecular weight is 381 g/mol. The van der Waals surface area contributed by atoms with Crippen molar-refractivity contribution in [2.45, 2.75) is 45.4 Å². The van der Waals surface area contributed by atoms with Crippen molar-refractivity contribution in [1.82, 2.24) is 14.9 Å². The Morgan fingerprint density at radius 3 is 2.92 bits per heavy atom. The molecule has 0 fully saturated rings. The third-order valence-electron chi connectivity index (χ3n) is 4.36. The summed E-state index contributed by atoms with van der Waals surface area (Å²) >= 11 is 1.37. The van der Waals surface area contributed by atoms with E-state index in [1.54, 1.807) is 7.11 Å². The van der Waals surface area contributed by atoms with Gasteiger partial charge in [-0.1, -0.05) is 0 Å². The van der Waals surface area contributed by atoms with Crippen LogP contribution in [-0.2, 0) is 33.8 Å². The molecule has 0 spiro atoms. The van der Waals surface area contributed by atoms with Crippen LogP contribution in [0.2, 0.25) is 0 Å². The van der Waals surface area contributed by atoms with E-state index in [1.165, 1.54) is 11.3 Å². The van der Waals surface area contributed by atoms with E-state index in [-0.39, 0.29) is 18.1 Å². The second-order valence-corrected chi connectivity index (χ2v) is 8.06. The Bertz CT molecular complexity index is 940. The molecule has 1 amide bonds. The molecule has 3 heterocycles. The van der Waals surface area contributed by atoms with Crippen LogP contribution in [0.15, 0.2) is 9.59 Å². The number of carbonyl (C=O) groups is 1. The van der Waals surface area contributed by atoms with Crippen molar-refractivity contribution in [2.75, 3.05) is 20.3 Å². The van der Waals surface area contributed by atoms with Crippen molar-refractivity contribution in [3.8, 4) is 0 Å². The first-order chi connectivity index (χ1) is 12.3. The van der Waals surface area contributed by atoms with E-state index in [0.29, 0.717) is 42.8 Å². The van der Waals surface area contributed by atoms with Gasteiger partial charge >= 0.3 is 5.69 Å². The molecule has 0 atom stereocenters. The van der Waals surface area contributed by atoms with Crippen molar-refractivity contribution >= 4 is 27.5 Å². The SMILES string of the molecule is COCCCNC(=O)Cn1c(=O)[nH]c2sc3c(c2c1=O)CC(C)(C)OC3. The number of amides is 1. The predicted octanol–water partition coefficient (Wildman–Crippen LogP) is 0.755. The zero-order valence-corrected chi connectivity index (χ0v) is 16.0. The molecule has 8 nitrogen and oxygen atoms in total. The van der Waals surface area contributed by atoms with Crippen LogP contribution in [-0.4, -0.2) is 41.3 Å². The number of carbonyl (C=O) groups excluding carboxylic acids is 1. The van der Waals surface area contributed by atoms with Crippen molar-refractivity contribution in [3.05, 3.63) is 31.3 Å². The fraction of sp³-hybridized carbons (Fsp3) is 0.588. The summed E-state index contributed by atoms with van der Waals surface area (Å²) in [5, 5.41) is 3.18. The Morgan fingerprint density at radius 2 is 2.19 bits per heavy atom. The number of thiophene rings is 1. The maximum atomic E-state index is 12.9. The monoisotopic (exact) mass is 381 g/mol. The van der Waals surface area contributed by atoms with Gasteiger partial charge in [0.1, 0.15) is 11.4 Å². The average Bonchev–Trinajstić information content (AvgIpc) is 2.91. The third kappa shape index (κ3) is 3.74. The number of aromatic nitrogens is 2. The van der Waals surface area contributed by atoms with Gasteiger partial charge < -0.3 is 14.8 Å². The number of hydrogen-bond acceptors (Lipinski definition) is 6. The molecule has 2 N–H and O–H groups in total. The highest BCUT2D eigenvalue weighted by molar-refractivity contribution is 7.18. The molecule has 0 saturated carbocycles. The number of fused-ring (bicyclic) bond motifs is 3. The molecule has 26 heavy (non-hydrogen) atoms. The molecule has 0 radical (unpaired) electrons. The molecule has 142 valence electrons. The summed E-state index contributed by atoms with van der Waals surface area (Å²) in [5.74, 6) is -0.374. The molecule has 9 heteroatoms. The molecule has 0 aliphatic carbocycles. The van der Waals surface area contributed by atoms with Crippen molar-refractivity contribution in [3.63, 3.8) is 0 Å². The van der Waals surface area contributed by atoms with E-state index in [0.717, 1.165) is 15.0 Å². The summed E-state index contributed by atoms with van der Waals surface area (Å²) < 4.78 is 11.7. The molecule has 0 aromatic carbocycles. The van der Waals surface area contributed by atoms with E-state index in [4.69, 9.17) is 9.47 Å². The number of nitrogens with zero attached hydrogens (tertiary/aromatic N) is 1. The van der Waals surface area contributed by atoms with E-state index in [1.807, 2.05) is 13.8 Å². The Kier molecular flexibility index (Phi) is 5.31. The van der Waals surface area contributed by atoms with Crippen molar-refractivity contribution in [1.29, 1.82) is 0 Å². The molecular weight excluding hydrogens is 358 g/mol. The zero-order chi connectivity index (χ0) is 18.9. The molecule has 0 unspecified atom stereocenters. The third-order valence-corrected chi connectivity index (χ3v) is 5.48. The van der Waals surface area contributed by atoms with Gasteiger partial charge in [-0.25, -0.2) is 4.79 Å². The lowest BCUT2D eigenvalue weighted by Gasteiger charge is -2.29. The van der Waals surface area contributed by atoms with Crippen LogP contribution in [0.1, 0.15) is 30.7 Å². The minimum absolute atomic E-state index is 0.304. The van der Waals surface area contributed by atoms with E-state index < -0.39 is 11.2 Å². The van der Waals surface area contributed by atoms with Crippen LogP contribution >= 0.6 is 11.3 Å². The van der Waals surface area contributed by atoms with Gasteiger partial charge in [0.2, 0.25) is 5.91 Å². The van der Waals surface area contributed by atoms with E-state index in [2.05, 4.69) is 10.3 Å². The minimum atomic E-state index is -0.576. The normalized spacial score (nSPS) is 15.8.